The molecule has 0 aromatic carbocycles. The normalized spacial score (nSPS) is 22.5. The zero-order chi connectivity index (χ0) is 11.9. The van der Waals surface area contributed by atoms with E-state index in [9.17, 15) is 4.57 Å². The molecule has 5 rings (SSSR count). The maximum absolute atomic E-state index is 11.9. The molecule has 5 heterocycles. The average molecular weight is 330 g/mol. The maximum atomic E-state index is 11.9. The first kappa shape index (κ1) is 10.2. The van der Waals surface area contributed by atoms with Gasteiger partial charge in [0.05, 0.1) is 15.1 Å². The van der Waals surface area contributed by atoms with Gasteiger partial charge in [0, 0.05) is 0 Å². The molecule has 3 aliphatic rings. The number of rotatable bonds is 2. The van der Waals surface area contributed by atoms with Gasteiger partial charge in [-0.05, 0) is 22.2 Å². The van der Waals surface area contributed by atoms with Crippen LogP contribution in [0.25, 0.3) is 11.5 Å². The fourth-order valence-corrected chi connectivity index (χ4v) is 5.78. The lowest BCUT2D eigenvalue weighted by molar-refractivity contribution is 0.590. The van der Waals surface area contributed by atoms with E-state index < -0.39 is 7.14 Å². The second-order valence-corrected chi connectivity index (χ2v) is 7.90. The molecule has 0 radical (unpaired) electrons. The fourth-order valence-electron chi connectivity index (χ4n) is 1.99. The Morgan fingerprint density at radius 1 is 1.41 bits per heavy atom. The first-order chi connectivity index (χ1) is 8.09. The van der Waals surface area contributed by atoms with Gasteiger partial charge in [0.25, 0.3) is 0 Å². The highest BCUT2D eigenvalue weighted by Gasteiger charge is 2.75. The van der Waals surface area contributed by atoms with Crippen molar-refractivity contribution in [2.24, 2.45) is 0 Å². The summed E-state index contributed by atoms with van der Waals surface area (Å²) >= 11 is 4.90. The Labute approximate surface area is 109 Å². The number of hydrogen-bond donors (Lipinski definition) is 1. The number of halogens is 1. The third kappa shape index (κ3) is 1.01. The predicted octanol–water partition coefficient (Wildman–Crippen LogP) is 1.07. The van der Waals surface area contributed by atoms with Crippen molar-refractivity contribution in [3.8, 4) is 11.5 Å². The zero-order valence-electron chi connectivity index (χ0n) is 8.52. The first-order valence-electron chi connectivity index (χ1n) is 4.75. The highest BCUT2D eigenvalue weighted by atomic mass is 79.9. The van der Waals surface area contributed by atoms with Crippen molar-refractivity contribution in [3.05, 3.63) is 4.47 Å². The molecule has 0 fully saturated rings. The van der Waals surface area contributed by atoms with E-state index in [1.165, 1.54) is 11.8 Å². The van der Waals surface area contributed by atoms with Gasteiger partial charge in [0.2, 0.25) is 13.1 Å². The molecule has 17 heavy (non-hydrogen) atoms. The van der Waals surface area contributed by atoms with E-state index in [0.29, 0.717) is 17.0 Å². The van der Waals surface area contributed by atoms with Crippen LogP contribution in [-0.4, -0.2) is 16.2 Å². The smallest absolute Gasteiger partial charge is 0.221 e. The molecule has 0 amide bonds. The van der Waals surface area contributed by atoms with Gasteiger partial charge in [0.15, 0.2) is 11.3 Å². The van der Waals surface area contributed by atoms with Crippen LogP contribution in [0.5, 0.6) is 0 Å². The second-order valence-electron chi connectivity index (χ2n) is 3.80. The van der Waals surface area contributed by atoms with E-state index in [-0.39, 0.29) is 5.95 Å². The van der Waals surface area contributed by atoms with Crippen LogP contribution >= 0.6 is 34.8 Å². The van der Waals surface area contributed by atoms with Gasteiger partial charge in [-0.2, -0.15) is 0 Å². The Morgan fingerprint density at radius 2 is 2.12 bits per heavy atom. The van der Waals surface area contributed by atoms with Crippen molar-refractivity contribution in [2.45, 2.75) is 5.03 Å². The number of nitrogens with two attached hydrogens (primary N) is 1. The Hall–Kier alpha value is -0.780. The minimum Gasteiger partial charge on any atom is -0.449 e. The van der Waals surface area contributed by atoms with Crippen LogP contribution in [0, 0.1) is 0 Å². The van der Waals surface area contributed by atoms with Crippen molar-refractivity contribution < 1.29 is 8.98 Å². The van der Waals surface area contributed by atoms with Gasteiger partial charge in [-0.25, -0.2) is 9.97 Å². The average Bonchev–Trinajstić information content (AvgIpc) is 2.94. The van der Waals surface area contributed by atoms with Crippen LogP contribution in [0.2, 0.25) is 0 Å². The molecule has 5 nitrogen and oxygen atoms in total. The molecule has 8 heteroatoms. The van der Waals surface area contributed by atoms with E-state index >= 15 is 0 Å². The number of hydrogen-bond acceptors (Lipinski definition) is 6. The lowest BCUT2D eigenvalue weighted by Gasteiger charge is -2.05. The molecule has 86 valence electrons. The zero-order valence-corrected chi connectivity index (χ0v) is 11.8. The highest BCUT2D eigenvalue weighted by Crippen LogP contribution is 2.70. The molecule has 2 bridgehead atoms. The Kier molecular flexibility index (Phi) is 1.67. The summed E-state index contributed by atoms with van der Waals surface area (Å²) in [4.78, 5) is 8.27. The van der Waals surface area contributed by atoms with Gasteiger partial charge >= 0.3 is 0 Å². The van der Waals surface area contributed by atoms with Crippen molar-refractivity contribution in [3.63, 3.8) is 0 Å². The molecule has 2 aromatic rings. The largest absolute Gasteiger partial charge is 0.449 e. The molecule has 2 aromatic heterocycles. The predicted molar refractivity (Wildman–Crippen MR) is 70.1 cm³/mol. The number of fused-ring (bicyclic) bond motifs is 1. The first-order valence-corrected chi connectivity index (χ1v) is 8.47. The SMILES string of the molecule is CSc1nc(N)nc(-c2oc3c4c2P34=O)c1Br. The third-order valence-corrected chi connectivity index (χ3v) is 7.15. The van der Waals surface area contributed by atoms with Crippen LogP contribution in [0.4, 0.5) is 5.95 Å². The third-order valence-electron chi connectivity index (χ3n) is 2.90. The molecule has 1 atom stereocenters. The van der Waals surface area contributed by atoms with E-state index in [1.807, 2.05) is 6.26 Å². The van der Waals surface area contributed by atoms with Crippen molar-refractivity contribution in [1.82, 2.24) is 9.97 Å². The summed E-state index contributed by atoms with van der Waals surface area (Å²) in [6.45, 7) is 0. The summed E-state index contributed by atoms with van der Waals surface area (Å²) < 4.78 is 18.2. The topological polar surface area (TPSA) is 82.0 Å². The number of furan rings is 1. The number of thioether (sulfide) groups is 1. The molecule has 0 spiro atoms. The molecule has 0 saturated carbocycles. The lowest BCUT2D eigenvalue weighted by atomic mass is 10.3. The van der Waals surface area contributed by atoms with Crippen LogP contribution in [0.15, 0.2) is 13.9 Å². The molecule has 0 aliphatic carbocycles. The maximum Gasteiger partial charge on any atom is 0.221 e. The molecular weight excluding hydrogens is 325 g/mol. The van der Waals surface area contributed by atoms with Gasteiger partial charge in [-0.15, -0.1) is 11.8 Å². The summed E-state index contributed by atoms with van der Waals surface area (Å²) in [6.07, 6.45) is 1.90. The summed E-state index contributed by atoms with van der Waals surface area (Å²) in [5.74, 6) is 0.784. The highest BCUT2D eigenvalue weighted by molar-refractivity contribution is 9.10. The van der Waals surface area contributed by atoms with E-state index in [2.05, 4.69) is 25.9 Å². The fraction of sp³-hybridized carbons (Fsp3) is 0.111. The second kappa shape index (κ2) is 2.79. The van der Waals surface area contributed by atoms with E-state index in [0.717, 1.165) is 20.1 Å². The Bertz CT molecular complexity index is 748. The Balaban J connectivity index is 1.96. The van der Waals surface area contributed by atoms with Gasteiger partial charge < -0.3 is 14.7 Å². The van der Waals surface area contributed by atoms with Crippen LogP contribution < -0.4 is 21.8 Å². The van der Waals surface area contributed by atoms with Gasteiger partial charge in [0.1, 0.15) is 10.7 Å². The van der Waals surface area contributed by atoms with Crippen LogP contribution in [0.3, 0.4) is 0 Å². The number of anilines is 1. The monoisotopic (exact) mass is 329 g/mol. The standard InChI is InChI=1S/C9H5BrN3O2PS/c1-17-7-2(10)3(12-9(11)13-7)4-5-6-8(15-4)16(5,6)14/h1H3,(H2,11,12,13). The summed E-state index contributed by atoms with van der Waals surface area (Å²) in [6, 6.07) is 0. The van der Waals surface area contributed by atoms with E-state index in [4.69, 9.17) is 10.2 Å². The molecular formula is C9H5BrN3O2PS. The van der Waals surface area contributed by atoms with Crippen molar-refractivity contribution in [2.75, 3.05) is 12.0 Å². The quantitative estimate of drug-likeness (QED) is 0.336. The van der Waals surface area contributed by atoms with Gasteiger partial charge in [-0.3, -0.25) is 0 Å². The number of nitrogen functional groups attached to an aromatic ring is 1. The minimum absolute atomic E-state index is 0.191. The van der Waals surface area contributed by atoms with Gasteiger partial charge in [-0.1, -0.05) is 0 Å². The summed E-state index contributed by atoms with van der Waals surface area (Å²) in [5, 5.41) is 2.51. The molecule has 3 aliphatic heterocycles. The molecule has 0 saturated heterocycles. The number of nitrogens with zero attached hydrogens (tertiary/aromatic N) is 2. The summed E-state index contributed by atoms with van der Waals surface area (Å²) in [7, 11) is -2.21. The summed E-state index contributed by atoms with van der Waals surface area (Å²) in [5.41, 5.74) is 6.91. The minimum atomic E-state index is -2.21. The molecule has 1 unspecified atom stereocenters. The van der Waals surface area contributed by atoms with E-state index in [1.54, 1.807) is 0 Å². The van der Waals surface area contributed by atoms with Crippen LogP contribution in [0.1, 0.15) is 0 Å². The van der Waals surface area contributed by atoms with Crippen molar-refractivity contribution >= 4 is 56.9 Å². The molecule has 2 N–H and O–H groups in total. The van der Waals surface area contributed by atoms with Crippen molar-refractivity contribution in [1.29, 1.82) is 0 Å². The number of aromatic nitrogens is 2. The lowest BCUT2D eigenvalue weighted by Crippen LogP contribution is -2.02. The van der Waals surface area contributed by atoms with Crippen LogP contribution in [-0.2, 0) is 4.57 Å². The Morgan fingerprint density at radius 3 is 2.65 bits per heavy atom.